The minimum Gasteiger partial charge on any atom is -0.310 e. The van der Waals surface area contributed by atoms with E-state index >= 15 is 0 Å². The van der Waals surface area contributed by atoms with E-state index in [9.17, 15) is 0 Å². The molecular formula is C52H37N3. The number of para-hydroxylation sites is 6. The van der Waals surface area contributed by atoms with Crippen LogP contribution in [0.15, 0.2) is 224 Å². The first-order valence-corrected chi connectivity index (χ1v) is 18.8. The minimum absolute atomic E-state index is 1.10. The second kappa shape index (κ2) is 13.9. The third-order valence-corrected chi connectivity index (χ3v) is 10.5. The summed E-state index contributed by atoms with van der Waals surface area (Å²) in [4.78, 5) is 7.20. The van der Waals surface area contributed by atoms with Gasteiger partial charge in [0.15, 0.2) is 0 Å². The van der Waals surface area contributed by atoms with Crippen molar-refractivity contribution in [1.82, 2.24) is 0 Å². The molecule has 0 aliphatic rings. The van der Waals surface area contributed by atoms with Crippen LogP contribution in [0.3, 0.4) is 0 Å². The quantitative estimate of drug-likeness (QED) is 0.139. The molecule has 0 N–H and O–H groups in total. The molecular weight excluding hydrogens is 667 g/mol. The molecule has 3 heteroatoms. The van der Waals surface area contributed by atoms with Gasteiger partial charge in [-0.3, -0.25) is 0 Å². The molecule has 0 atom stereocenters. The molecule has 10 aromatic carbocycles. The van der Waals surface area contributed by atoms with Crippen molar-refractivity contribution in [2.24, 2.45) is 0 Å². The maximum absolute atomic E-state index is 2.41. The number of hydrogen-bond acceptors (Lipinski definition) is 3. The largest absolute Gasteiger partial charge is 0.310 e. The van der Waals surface area contributed by atoms with Gasteiger partial charge in [-0.05, 0) is 95.7 Å². The van der Waals surface area contributed by atoms with Crippen molar-refractivity contribution in [3.8, 4) is 0 Å². The van der Waals surface area contributed by atoms with Gasteiger partial charge < -0.3 is 14.7 Å². The van der Waals surface area contributed by atoms with Crippen LogP contribution < -0.4 is 14.7 Å². The molecule has 0 aliphatic carbocycles. The molecule has 0 bridgehead atoms. The Morgan fingerprint density at radius 3 is 0.836 bits per heavy atom. The number of anilines is 9. The van der Waals surface area contributed by atoms with E-state index in [1.807, 2.05) is 0 Å². The highest BCUT2D eigenvalue weighted by atomic mass is 15.2. The fourth-order valence-corrected chi connectivity index (χ4v) is 8.15. The zero-order chi connectivity index (χ0) is 36.6. The lowest BCUT2D eigenvalue weighted by atomic mass is 9.90. The van der Waals surface area contributed by atoms with Crippen molar-refractivity contribution in [3.63, 3.8) is 0 Å². The monoisotopic (exact) mass is 703 g/mol. The predicted octanol–water partition coefficient (Wildman–Crippen LogP) is 15.0. The van der Waals surface area contributed by atoms with Gasteiger partial charge in [0.05, 0.1) is 17.1 Å². The van der Waals surface area contributed by atoms with Crippen LogP contribution in [0.5, 0.6) is 0 Å². The zero-order valence-corrected chi connectivity index (χ0v) is 30.2. The fraction of sp³-hybridized carbons (Fsp3) is 0. The molecule has 0 fully saturated rings. The van der Waals surface area contributed by atoms with Crippen LogP contribution in [0.2, 0.25) is 0 Å². The summed E-state index contributed by atoms with van der Waals surface area (Å²) < 4.78 is 0. The summed E-state index contributed by atoms with van der Waals surface area (Å²) in [6.07, 6.45) is 0. The Labute approximate surface area is 321 Å². The first kappa shape index (κ1) is 32.3. The molecule has 0 amide bonds. The molecule has 10 aromatic rings. The molecule has 3 nitrogen and oxygen atoms in total. The van der Waals surface area contributed by atoms with Gasteiger partial charge >= 0.3 is 0 Å². The summed E-state index contributed by atoms with van der Waals surface area (Å²) in [7, 11) is 0. The maximum atomic E-state index is 2.41. The van der Waals surface area contributed by atoms with Crippen molar-refractivity contribution >= 4 is 83.5 Å². The molecule has 0 heterocycles. The summed E-state index contributed by atoms with van der Waals surface area (Å²) in [5, 5.41) is 7.26. The highest BCUT2D eigenvalue weighted by Crippen LogP contribution is 2.51. The number of hydrogen-bond donors (Lipinski definition) is 0. The second-order valence-electron chi connectivity index (χ2n) is 13.8. The lowest BCUT2D eigenvalue weighted by Crippen LogP contribution is -2.14. The smallest absolute Gasteiger partial charge is 0.0561 e. The molecule has 0 saturated carbocycles. The van der Waals surface area contributed by atoms with Crippen molar-refractivity contribution in [1.29, 1.82) is 0 Å². The van der Waals surface area contributed by atoms with Crippen molar-refractivity contribution < 1.29 is 0 Å². The SMILES string of the molecule is c1ccc(N(c2ccccc2)c2ccc3ccc4c(N(c5ccccc5)c5ccccc5)cc(N(c5ccccc5)c5ccccc5)c5ccc2c3c45)cc1. The molecule has 55 heavy (non-hydrogen) atoms. The average Bonchev–Trinajstić information content (AvgIpc) is 3.26. The summed E-state index contributed by atoms with van der Waals surface area (Å²) in [5.41, 5.74) is 9.98. The summed E-state index contributed by atoms with van der Waals surface area (Å²) in [6.45, 7) is 0. The predicted molar refractivity (Wildman–Crippen MR) is 234 cm³/mol. The minimum atomic E-state index is 1.10. The van der Waals surface area contributed by atoms with Gasteiger partial charge in [0.1, 0.15) is 0 Å². The van der Waals surface area contributed by atoms with Crippen molar-refractivity contribution in [2.45, 2.75) is 0 Å². The Morgan fingerprint density at radius 1 is 0.218 bits per heavy atom. The van der Waals surface area contributed by atoms with E-state index in [2.05, 4.69) is 239 Å². The van der Waals surface area contributed by atoms with E-state index < -0.39 is 0 Å². The van der Waals surface area contributed by atoms with E-state index in [4.69, 9.17) is 0 Å². The lowest BCUT2D eigenvalue weighted by molar-refractivity contribution is 1.27. The van der Waals surface area contributed by atoms with Gasteiger partial charge in [0, 0.05) is 55.7 Å². The number of benzene rings is 10. The van der Waals surface area contributed by atoms with Crippen LogP contribution in [0.4, 0.5) is 51.2 Å². The number of rotatable bonds is 9. The number of nitrogens with zero attached hydrogens (tertiary/aromatic N) is 3. The molecule has 0 aliphatic heterocycles. The highest BCUT2D eigenvalue weighted by Gasteiger charge is 2.26. The molecule has 0 unspecified atom stereocenters. The lowest BCUT2D eigenvalue weighted by Gasteiger charge is -2.33. The molecule has 0 aromatic heterocycles. The Hall–Kier alpha value is -7.36. The van der Waals surface area contributed by atoms with Gasteiger partial charge in [-0.25, -0.2) is 0 Å². The summed E-state index contributed by atoms with van der Waals surface area (Å²) in [6, 6.07) is 80.6. The van der Waals surface area contributed by atoms with E-state index in [1.54, 1.807) is 0 Å². The standard InChI is InChI=1S/C52H37N3/c1-7-19-39(20-8-1)53(40-21-9-2-10-22-40)48-36-32-38-31-33-46-49(54(41-23-11-3-12-24-41)42-25-13-4-14-26-42)37-50(47-35-34-45(48)51(38)52(46)47)55(43-27-15-5-16-28-43)44-29-17-6-18-30-44/h1-37H. The first-order chi connectivity index (χ1) is 27.3. The van der Waals surface area contributed by atoms with E-state index in [0.29, 0.717) is 0 Å². The normalized spacial score (nSPS) is 11.3. The van der Waals surface area contributed by atoms with Gasteiger partial charge in [0.25, 0.3) is 0 Å². The van der Waals surface area contributed by atoms with Crippen LogP contribution >= 0.6 is 0 Å². The first-order valence-electron chi connectivity index (χ1n) is 18.8. The second-order valence-corrected chi connectivity index (χ2v) is 13.8. The molecule has 10 rings (SSSR count). The Kier molecular flexibility index (Phi) is 8.16. The van der Waals surface area contributed by atoms with Crippen LogP contribution in [0.1, 0.15) is 0 Å². The van der Waals surface area contributed by atoms with Crippen LogP contribution in [-0.4, -0.2) is 0 Å². The topological polar surface area (TPSA) is 9.72 Å². The third kappa shape index (κ3) is 5.70. The van der Waals surface area contributed by atoms with Crippen LogP contribution in [0.25, 0.3) is 32.3 Å². The van der Waals surface area contributed by atoms with E-state index in [-0.39, 0.29) is 0 Å². The van der Waals surface area contributed by atoms with Crippen LogP contribution in [-0.2, 0) is 0 Å². The molecule has 260 valence electrons. The van der Waals surface area contributed by atoms with Crippen molar-refractivity contribution in [3.05, 3.63) is 224 Å². The maximum Gasteiger partial charge on any atom is 0.0561 e. The van der Waals surface area contributed by atoms with Crippen LogP contribution in [0, 0.1) is 0 Å². The zero-order valence-electron chi connectivity index (χ0n) is 30.2. The van der Waals surface area contributed by atoms with E-state index in [0.717, 1.165) is 51.2 Å². The third-order valence-electron chi connectivity index (χ3n) is 10.5. The fourth-order valence-electron chi connectivity index (χ4n) is 8.15. The van der Waals surface area contributed by atoms with Gasteiger partial charge in [-0.2, -0.15) is 0 Å². The van der Waals surface area contributed by atoms with Crippen molar-refractivity contribution in [2.75, 3.05) is 14.7 Å². The molecule has 0 spiro atoms. The highest BCUT2D eigenvalue weighted by molar-refractivity contribution is 6.30. The van der Waals surface area contributed by atoms with Gasteiger partial charge in [-0.1, -0.05) is 140 Å². The molecule has 0 saturated heterocycles. The summed E-state index contributed by atoms with van der Waals surface area (Å²) in [5.74, 6) is 0. The summed E-state index contributed by atoms with van der Waals surface area (Å²) >= 11 is 0. The average molecular weight is 704 g/mol. The molecule has 0 radical (unpaired) electrons. The Balaban J connectivity index is 1.35. The Bertz CT molecular complexity index is 2620. The van der Waals surface area contributed by atoms with Gasteiger partial charge in [-0.15, -0.1) is 0 Å². The Morgan fingerprint density at radius 2 is 0.491 bits per heavy atom. The van der Waals surface area contributed by atoms with E-state index in [1.165, 1.54) is 32.3 Å². The van der Waals surface area contributed by atoms with Gasteiger partial charge in [0.2, 0.25) is 0 Å².